The molecule has 2 N–H and O–H groups in total. The van der Waals surface area contributed by atoms with Crippen LogP contribution in [0.3, 0.4) is 0 Å². The summed E-state index contributed by atoms with van der Waals surface area (Å²) < 4.78 is 1.90. The lowest BCUT2D eigenvalue weighted by Crippen LogP contribution is -2.34. The number of nitrogens with zero attached hydrogens (tertiary/aromatic N) is 3. The molecule has 160 valence electrons. The van der Waals surface area contributed by atoms with Crippen LogP contribution in [-0.2, 0) is 4.79 Å². The van der Waals surface area contributed by atoms with Crippen LogP contribution in [0.25, 0.3) is 17.1 Å². The van der Waals surface area contributed by atoms with Crippen LogP contribution in [0.5, 0.6) is 0 Å². The standard InChI is InChI=1S/C22H16ClN5O3S/c23-16-3-7-18(8-4-16)28-20(14-9-11-24-12-10-14)26-27-22(28)32-13-19(29)25-17-5-1-15(2-6-17)21(30)31/h1-12H,13H2,(H2,25,29,30,31). The smallest absolute Gasteiger partial charge is 0.342 e. The van der Waals surface area contributed by atoms with E-state index in [-0.39, 0.29) is 17.2 Å². The highest BCUT2D eigenvalue weighted by Crippen LogP contribution is 2.21. The van der Waals surface area contributed by atoms with Crippen LogP contribution in [0.15, 0.2) is 78.2 Å². The molecular formula is C22H16ClN5O3S. The van der Waals surface area contributed by atoms with Crippen LogP contribution < -0.4 is 15.0 Å². The van der Waals surface area contributed by atoms with E-state index in [4.69, 9.17) is 11.6 Å². The van der Waals surface area contributed by atoms with Crippen molar-refractivity contribution in [1.29, 1.82) is 0 Å². The van der Waals surface area contributed by atoms with E-state index >= 15 is 0 Å². The number of H-pyrrole nitrogens is 1. The zero-order valence-electron chi connectivity index (χ0n) is 16.5. The summed E-state index contributed by atoms with van der Waals surface area (Å²) in [5.74, 6) is -0.701. The van der Waals surface area contributed by atoms with Crippen LogP contribution >= 0.6 is 23.4 Å². The van der Waals surface area contributed by atoms with E-state index in [1.54, 1.807) is 24.5 Å². The molecule has 0 spiro atoms. The molecule has 0 bridgehead atoms. The van der Waals surface area contributed by atoms with Gasteiger partial charge in [-0.15, -0.1) is 5.10 Å². The molecule has 2 aromatic carbocycles. The van der Waals surface area contributed by atoms with E-state index in [1.165, 1.54) is 36.0 Å². The highest BCUT2D eigenvalue weighted by atomic mass is 35.5. The van der Waals surface area contributed by atoms with Gasteiger partial charge in [0.2, 0.25) is 5.91 Å². The van der Waals surface area contributed by atoms with E-state index in [0.717, 1.165) is 17.1 Å². The number of hydrogen-bond acceptors (Lipinski definition) is 6. The van der Waals surface area contributed by atoms with Crippen LogP contribution in [0.1, 0.15) is 10.4 Å². The number of amides is 1. The zero-order valence-corrected chi connectivity index (χ0v) is 18.1. The zero-order chi connectivity index (χ0) is 22.5. The van der Waals surface area contributed by atoms with Gasteiger partial charge in [-0.1, -0.05) is 23.7 Å². The number of carbonyl (C=O) groups excluding carboxylic acids is 2. The van der Waals surface area contributed by atoms with Crippen molar-refractivity contribution in [3.8, 4) is 17.1 Å². The number of halogens is 1. The summed E-state index contributed by atoms with van der Waals surface area (Å²) in [7, 11) is 0. The van der Waals surface area contributed by atoms with Crippen LogP contribution in [0.4, 0.5) is 5.69 Å². The second kappa shape index (κ2) is 9.63. The predicted molar refractivity (Wildman–Crippen MR) is 118 cm³/mol. The number of aromatic carboxylic acids is 1. The predicted octanol–water partition coefficient (Wildman–Crippen LogP) is 2.50. The maximum absolute atomic E-state index is 12.4. The van der Waals surface area contributed by atoms with E-state index in [2.05, 4.69) is 20.5 Å². The number of aromatic nitrogens is 4. The van der Waals surface area contributed by atoms with Crippen LogP contribution in [-0.4, -0.2) is 32.8 Å². The summed E-state index contributed by atoms with van der Waals surface area (Å²) in [6, 6.07) is 16.8. The molecule has 8 nitrogen and oxygen atoms in total. The van der Waals surface area contributed by atoms with Gasteiger partial charge < -0.3 is 15.2 Å². The van der Waals surface area contributed by atoms with Crippen molar-refractivity contribution in [3.05, 3.63) is 83.6 Å². The number of rotatable bonds is 7. The SMILES string of the molecule is O=C(CSc1n[nH]c(-c2ccncc2)[n+]1-c1ccc(Cl)cc1)Nc1ccc(C(=O)[O-])cc1. The summed E-state index contributed by atoms with van der Waals surface area (Å²) in [4.78, 5) is 27.3. The minimum Gasteiger partial charge on any atom is -0.545 e. The molecule has 0 aliphatic carbocycles. The monoisotopic (exact) mass is 465 g/mol. The molecular weight excluding hydrogens is 450 g/mol. The number of carboxylic acid groups (broad SMARTS) is 1. The highest BCUT2D eigenvalue weighted by Gasteiger charge is 2.24. The quantitative estimate of drug-likeness (QED) is 0.320. The Bertz CT molecular complexity index is 1250. The Morgan fingerprint density at radius 3 is 2.38 bits per heavy atom. The number of thioether (sulfide) groups is 1. The molecule has 2 aromatic heterocycles. The molecule has 10 heteroatoms. The number of aromatic amines is 1. The van der Waals surface area contributed by atoms with Crippen molar-refractivity contribution >= 4 is 40.9 Å². The third kappa shape index (κ3) is 4.96. The Hall–Kier alpha value is -3.69. The summed E-state index contributed by atoms with van der Waals surface area (Å²) in [6.07, 6.45) is 3.38. The molecule has 0 aliphatic rings. The van der Waals surface area contributed by atoms with Gasteiger partial charge in [-0.2, -0.15) is 4.57 Å². The van der Waals surface area contributed by atoms with E-state index in [1.807, 2.05) is 28.8 Å². The molecule has 0 saturated heterocycles. The third-order valence-corrected chi connectivity index (χ3v) is 5.64. The Balaban J connectivity index is 1.54. The van der Waals surface area contributed by atoms with Gasteiger partial charge in [-0.3, -0.25) is 9.78 Å². The minimum absolute atomic E-state index is 0.0431. The summed E-state index contributed by atoms with van der Waals surface area (Å²) in [5, 5.41) is 22.2. The van der Waals surface area contributed by atoms with Gasteiger partial charge in [0.25, 0.3) is 5.82 Å². The number of nitrogens with one attached hydrogen (secondary N) is 2. The Labute approximate surface area is 192 Å². The van der Waals surface area contributed by atoms with Crippen LogP contribution in [0.2, 0.25) is 5.02 Å². The largest absolute Gasteiger partial charge is 0.545 e. The fourth-order valence-electron chi connectivity index (χ4n) is 2.94. The molecule has 0 atom stereocenters. The van der Waals surface area contributed by atoms with Crippen LogP contribution in [0, 0.1) is 0 Å². The molecule has 4 rings (SSSR count). The molecule has 0 aliphatic heterocycles. The first-order valence-electron chi connectivity index (χ1n) is 9.42. The number of carbonyl (C=O) groups is 2. The first-order valence-corrected chi connectivity index (χ1v) is 10.8. The Morgan fingerprint density at radius 1 is 1.03 bits per heavy atom. The molecule has 0 fully saturated rings. The van der Waals surface area contributed by atoms with E-state index < -0.39 is 5.97 Å². The number of anilines is 1. The highest BCUT2D eigenvalue weighted by molar-refractivity contribution is 7.99. The van der Waals surface area contributed by atoms with E-state index in [0.29, 0.717) is 15.9 Å². The third-order valence-electron chi connectivity index (χ3n) is 4.45. The van der Waals surface area contributed by atoms with Gasteiger partial charge in [-0.05, 0) is 65.9 Å². The maximum atomic E-state index is 12.4. The van der Waals surface area contributed by atoms with Crippen molar-refractivity contribution < 1.29 is 19.3 Å². The Kier molecular flexibility index (Phi) is 6.48. The molecule has 0 saturated carbocycles. The molecule has 2 heterocycles. The molecule has 1 amide bonds. The Morgan fingerprint density at radius 2 is 1.72 bits per heavy atom. The van der Waals surface area contributed by atoms with Gasteiger partial charge in [0.1, 0.15) is 5.69 Å². The number of pyridine rings is 1. The fourth-order valence-corrected chi connectivity index (χ4v) is 3.84. The van der Waals surface area contributed by atoms with Crippen molar-refractivity contribution in [2.75, 3.05) is 11.1 Å². The maximum Gasteiger partial charge on any atom is 0.342 e. The molecule has 0 unspecified atom stereocenters. The molecule has 0 radical (unpaired) electrons. The second-order valence-corrected chi connectivity index (χ2v) is 7.98. The number of hydrogen-bond donors (Lipinski definition) is 2. The second-order valence-electron chi connectivity index (χ2n) is 6.60. The lowest BCUT2D eigenvalue weighted by atomic mass is 10.2. The fraction of sp³-hybridized carbons (Fsp3) is 0.0455. The van der Waals surface area contributed by atoms with Gasteiger partial charge in [-0.25, -0.2) is 0 Å². The first kappa shape index (κ1) is 21.5. The normalized spacial score (nSPS) is 10.7. The topological polar surface area (TPSA) is 115 Å². The van der Waals surface area contributed by atoms with Gasteiger partial charge in [0.15, 0.2) is 0 Å². The minimum atomic E-state index is -1.27. The van der Waals surface area contributed by atoms with Crippen molar-refractivity contribution in [1.82, 2.24) is 15.2 Å². The summed E-state index contributed by atoms with van der Waals surface area (Å²) in [6.45, 7) is 0. The van der Waals surface area contributed by atoms with Gasteiger partial charge in [0, 0.05) is 23.1 Å². The van der Waals surface area contributed by atoms with Gasteiger partial charge in [0.05, 0.1) is 22.4 Å². The number of carboxylic acids is 1. The van der Waals surface area contributed by atoms with Crippen molar-refractivity contribution in [2.24, 2.45) is 0 Å². The average Bonchev–Trinajstić information content (AvgIpc) is 3.23. The first-order chi connectivity index (χ1) is 15.5. The van der Waals surface area contributed by atoms with Crippen molar-refractivity contribution in [3.63, 3.8) is 0 Å². The number of benzene rings is 2. The van der Waals surface area contributed by atoms with Gasteiger partial charge >= 0.3 is 5.16 Å². The molecule has 32 heavy (non-hydrogen) atoms. The lowest BCUT2D eigenvalue weighted by molar-refractivity contribution is -0.625. The summed E-state index contributed by atoms with van der Waals surface area (Å²) in [5.41, 5.74) is 2.25. The lowest BCUT2D eigenvalue weighted by Gasteiger charge is -2.07. The average molecular weight is 466 g/mol. The summed E-state index contributed by atoms with van der Waals surface area (Å²) >= 11 is 7.29. The van der Waals surface area contributed by atoms with E-state index in [9.17, 15) is 14.7 Å². The molecule has 4 aromatic rings. The van der Waals surface area contributed by atoms with Crippen molar-refractivity contribution in [2.45, 2.75) is 5.16 Å².